The third-order valence-electron chi connectivity index (χ3n) is 1.42. The summed E-state index contributed by atoms with van der Waals surface area (Å²) in [6.45, 7) is 4.52. The molecule has 0 saturated heterocycles. The highest BCUT2D eigenvalue weighted by molar-refractivity contribution is 7.09. The van der Waals surface area contributed by atoms with E-state index >= 15 is 0 Å². The van der Waals surface area contributed by atoms with Gasteiger partial charge >= 0.3 is 0 Å². The second kappa shape index (κ2) is 4.54. The molecule has 2 N–H and O–H groups in total. The molecule has 1 heterocycles. The van der Waals surface area contributed by atoms with Gasteiger partial charge in [0.25, 0.3) is 0 Å². The zero-order valence-electron chi connectivity index (χ0n) is 7.36. The van der Waals surface area contributed by atoms with E-state index in [1.54, 1.807) is 16.8 Å². The Morgan fingerprint density at radius 1 is 1.67 bits per heavy atom. The Balaban J connectivity index is 2.57. The molecule has 1 atom stereocenters. The molecule has 12 heavy (non-hydrogen) atoms. The van der Waals surface area contributed by atoms with Crippen molar-refractivity contribution in [1.82, 2.24) is 4.98 Å². The Morgan fingerprint density at radius 3 is 2.83 bits per heavy atom. The van der Waals surface area contributed by atoms with Crippen molar-refractivity contribution in [2.24, 2.45) is 5.73 Å². The maximum absolute atomic E-state index is 5.59. The number of hydrogen-bond donors (Lipinski definition) is 1. The molecule has 0 fully saturated rings. The Kier molecular flexibility index (Phi) is 3.65. The van der Waals surface area contributed by atoms with Crippen LogP contribution in [0.4, 0.5) is 0 Å². The van der Waals surface area contributed by atoms with Gasteiger partial charge in [-0.25, -0.2) is 0 Å². The Bertz CT molecular complexity index is 211. The molecular formula is C8H14N2OS. The van der Waals surface area contributed by atoms with Crippen LogP contribution in [0, 0.1) is 0 Å². The van der Waals surface area contributed by atoms with Crippen LogP contribution in [0.3, 0.4) is 0 Å². The van der Waals surface area contributed by atoms with Gasteiger partial charge in [-0.05, 0) is 13.8 Å². The fourth-order valence-electron chi connectivity index (χ4n) is 0.952. The summed E-state index contributed by atoms with van der Waals surface area (Å²) in [7, 11) is 0. The van der Waals surface area contributed by atoms with Gasteiger partial charge in [0.2, 0.25) is 0 Å². The van der Waals surface area contributed by atoms with Crippen molar-refractivity contribution < 1.29 is 4.74 Å². The molecule has 4 heteroatoms. The molecule has 0 radical (unpaired) electrons. The molecule has 1 rings (SSSR count). The van der Waals surface area contributed by atoms with Gasteiger partial charge in [-0.2, -0.15) is 0 Å². The van der Waals surface area contributed by atoms with Crippen LogP contribution in [0.25, 0.3) is 0 Å². The second-order valence-corrected chi connectivity index (χ2v) is 3.73. The molecule has 0 aliphatic carbocycles. The summed E-state index contributed by atoms with van der Waals surface area (Å²) in [4.78, 5) is 5.08. The SMILES string of the molecule is CC(C)OC(CN)c1cncs1. The predicted molar refractivity (Wildman–Crippen MR) is 50.1 cm³/mol. The summed E-state index contributed by atoms with van der Waals surface area (Å²) in [6, 6.07) is 0. The first-order valence-electron chi connectivity index (χ1n) is 3.98. The van der Waals surface area contributed by atoms with E-state index in [-0.39, 0.29) is 12.2 Å². The smallest absolute Gasteiger partial charge is 0.106 e. The standard InChI is InChI=1S/C8H14N2OS/c1-6(2)11-7(3-9)8-4-10-5-12-8/h4-7H,3,9H2,1-2H3. The van der Waals surface area contributed by atoms with E-state index in [0.717, 1.165) is 4.88 Å². The van der Waals surface area contributed by atoms with Gasteiger partial charge < -0.3 is 10.5 Å². The Hall–Kier alpha value is -0.450. The first kappa shape index (κ1) is 9.64. The Labute approximate surface area is 76.6 Å². The normalized spacial score (nSPS) is 13.7. The van der Waals surface area contributed by atoms with Crippen molar-refractivity contribution in [2.75, 3.05) is 6.54 Å². The van der Waals surface area contributed by atoms with Gasteiger partial charge in [-0.15, -0.1) is 11.3 Å². The fraction of sp³-hybridized carbons (Fsp3) is 0.625. The van der Waals surface area contributed by atoms with Crippen LogP contribution < -0.4 is 5.73 Å². The quantitative estimate of drug-likeness (QED) is 0.776. The van der Waals surface area contributed by atoms with Crippen LogP contribution in [0.5, 0.6) is 0 Å². The molecule has 68 valence electrons. The highest BCUT2D eigenvalue weighted by Gasteiger charge is 2.12. The Morgan fingerprint density at radius 2 is 2.42 bits per heavy atom. The van der Waals surface area contributed by atoms with Crippen molar-refractivity contribution in [1.29, 1.82) is 0 Å². The number of thiazole rings is 1. The second-order valence-electron chi connectivity index (χ2n) is 2.81. The van der Waals surface area contributed by atoms with E-state index in [4.69, 9.17) is 10.5 Å². The van der Waals surface area contributed by atoms with Crippen molar-refractivity contribution >= 4 is 11.3 Å². The fourth-order valence-corrected chi connectivity index (χ4v) is 1.62. The molecule has 1 aromatic rings. The number of hydrogen-bond acceptors (Lipinski definition) is 4. The first-order chi connectivity index (χ1) is 5.74. The van der Waals surface area contributed by atoms with Crippen LogP contribution in [0.2, 0.25) is 0 Å². The van der Waals surface area contributed by atoms with E-state index in [2.05, 4.69) is 4.98 Å². The third-order valence-corrected chi connectivity index (χ3v) is 2.29. The number of rotatable bonds is 4. The van der Waals surface area contributed by atoms with E-state index in [1.807, 2.05) is 20.0 Å². The summed E-state index contributed by atoms with van der Waals surface area (Å²) in [5, 5.41) is 0. The van der Waals surface area contributed by atoms with Crippen molar-refractivity contribution in [3.8, 4) is 0 Å². The summed E-state index contributed by atoms with van der Waals surface area (Å²) in [5.41, 5.74) is 7.36. The maximum Gasteiger partial charge on any atom is 0.106 e. The monoisotopic (exact) mass is 186 g/mol. The van der Waals surface area contributed by atoms with Gasteiger partial charge in [-0.3, -0.25) is 4.98 Å². The van der Waals surface area contributed by atoms with Crippen LogP contribution in [0.15, 0.2) is 11.7 Å². The molecule has 0 saturated carbocycles. The number of aromatic nitrogens is 1. The first-order valence-corrected chi connectivity index (χ1v) is 4.86. The number of nitrogens with two attached hydrogens (primary N) is 1. The molecule has 0 bridgehead atoms. The minimum atomic E-state index is 0.0116. The highest BCUT2D eigenvalue weighted by Crippen LogP contribution is 2.20. The lowest BCUT2D eigenvalue weighted by molar-refractivity contribution is 0.0139. The molecule has 3 nitrogen and oxygen atoms in total. The van der Waals surface area contributed by atoms with Crippen LogP contribution in [-0.2, 0) is 4.74 Å². The summed E-state index contributed by atoms with van der Waals surface area (Å²) in [6.07, 6.45) is 2.03. The van der Waals surface area contributed by atoms with Crippen molar-refractivity contribution in [3.05, 3.63) is 16.6 Å². The van der Waals surface area contributed by atoms with Gasteiger partial charge in [0.05, 0.1) is 16.5 Å². The lowest BCUT2D eigenvalue weighted by Gasteiger charge is -2.16. The zero-order valence-corrected chi connectivity index (χ0v) is 8.17. The topological polar surface area (TPSA) is 48.1 Å². The molecule has 0 aliphatic rings. The molecule has 0 amide bonds. The largest absolute Gasteiger partial charge is 0.369 e. The average Bonchev–Trinajstić information content (AvgIpc) is 2.51. The molecule has 0 aliphatic heterocycles. The van der Waals surface area contributed by atoms with E-state index in [1.165, 1.54) is 0 Å². The van der Waals surface area contributed by atoms with Crippen molar-refractivity contribution in [3.63, 3.8) is 0 Å². The number of ether oxygens (including phenoxy) is 1. The molecule has 0 spiro atoms. The van der Waals surface area contributed by atoms with Crippen molar-refractivity contribution in [2.45, 2.75) is 26.1 Å². The minimum absolute atomic E-state index is 0.0116. The lowest BCUT2D eigenvalue weighted by Crippen LogP contribution is -2.18. The summed E-state index contributed by atoms with van der Waals surface area (Å²) < 4.78 is 5.59. The van der Waals surface area contributed by atoms with Crippen LogP contribution in [-0.4, -0.2) is 17.6 Å². The minimum Gasteiger partial charge on any atom is -0.369 e. The van der Waals surface area contributed by atoms with Gasteiger partial charge in [-0.1, -0.05) is 0 Å². The average molecular weight is 186 g/mol. The van der Waals surface area contributed by atoms with Gasteiger partial charge in [0.15, 0.2) is 0 Å². The molecule has 1 aromatic heterocycles. The summed E-state index contributed by atoms with van der Waals surface area (Å²) in [5.74, 6) is 0. The predicted octanol–water partition coefficient (Wildman–Crippen LogP) is 1.57. The van der Waals surface area contributed by atoms with E-state index in [9.17, 15) is 0 Å². The van der Waals surface area contributed by atoms with Crippen LogP contribution >= 0.6 is 11.3 Å². The van der Waals surface area contributed by atoms with Gasteiger partial charge in [0, 0.05) is 12.7 Å². The van der Waals surface area contributed by atoms with E-state index in [0.29, 0.717) is 6.54 Å². The third kappa shape index (κ3) is 2.55. The molecule has 0 aromatic carbocycles. The van der Waals surface area contributed by atoms with Gasteiger partial charge in [0.1, 0.15) is 6.10 Å². The van der Waals surface area contributed by atoms with E-state index < -0.39 is 0 Å². The molecular weight excluding hydrogens is 172 g/mol. The summed E-state index contributed by atoms with van der Waals surface area (Å²) >= 11 is 1.58. The molecule has 1 unspecified atom stereocenters. The number of nitrogens with zero attached hydrogens (tertiary/aromatic N) is 1. The lowest BCUT2D eigenvalue weighted by atomic mass is 10.3. The highest BCUT2D eigenvalue weighted by atomic mass is 32.1. The maximum atomic E-state index is 5.59. The van der Waals surface area contributed by atoms with Crippen LogP contribution in [0.1, 0.15) is 24.8 Å². The zero-order chi connectivity index (χ0) is 8.97.